The molecule has 3 aliphatic rings. The fourth-order valence-electron chi connectivity index (χ4n) is 5.57. The highest BCUT2D eigenvalue weighted by Gasteiger charge is 2.53. The van der Waals surface area contributed by atoms with E-state index in [0.29, 0.717) is 18.0 Å². The van der Waals surface area contributed by atoms with Gasteiger partial charge in [-0.25, -0.2) is 9.69 Å². The maximum absolute atomic E-state index is 13.3. The topological polar surface area (TPSA) is 55.9 Å². The van der Waals surface area contributed by atoms with Crippen LogP contribution in [0.4, 0.5) is 10.5 Å². The Labute approximate surface area is 187 Å². The van der Waals surface area contributed by atoms with Gasteiger partial charge in [0.15, 0.2) is 0 Å². The average Bonchev–Trinajstić information content (AvgIpc) is 2.99. The monoisotopic (exact) mass is 426 g/mol. The van der Waals surface area contributed by atoms with Crippen LogP contribution < -0.4 is 10.2 Å². The zero-order valence-corrected chi connectivity index (χ0v) is 19.6. The van der Waals surface area contributed by atoms with E-state index >= 15 is 0 Å². The summed E-state index contributed by atoms with van der Waals surface area (Å²) in [7, 11) is 0. The highest BCUT2D eigenvalue weighted by Crippen LogP contribution is 2.45. The molecule has 2 aliphatic heterocycles. The number of carbonyl (C=O) groups excluding carboxylic acids is 2. The summed E-state index contributed by atoms with van der Waals surface area (Å²) in [4.78, 5) is 32.2. The van der Waals surface area contributed by atoms with Crippen LogP contribution in [0.15, 0.2) is 24.3 Å². The molecule has 1 aromatic carbocycles. The number of imide groups is 1. The Balaban J connectivity index is 1.34. The minimum absolute atomic E-state index is 0.00779. The van der Waals surface area contributed by atoms with E-state index in [0.717, 1.165) is 58.3 Å². The van der Waals surface area contributed by atoms with E-state index < -0.39 is 5.54 Å². The lowest BCUT2D eigenvalue weighted by atomic mass is 9.65. The van der Waals surface area contributed by atoms with Crippen molar-refractivity contribution in [1.82, 2.24) is 15.1 Å². The number of benzene rings is 1. The number of urea groups is 1. The molecule has 6 heteroatoms. The molecule has 0 radical (unpaired) electrons. The maximum atomic E-state index is 13.3. The first-order valence-electron chi connectivity index (χ1n) is 11.9. The molecule has 170 valence electrons. The molecule has 3 amide bonds. The summed E-state index contributed by atoms with van der Waals surface area (Å²) in [5, 5.41) is 3.09. The number of anilines is 1. The van der Waals surface area contributed by atoms with Crippen LogP contribution in [0, 0.1) is 18.3 Å². The minimum Gasteiger partial charge on any atom is -0.369 e. The molecule has 0 bridgehead atoms. The molecule has 1 N–H and O–H groups in total. The number of nitrogens with one attached hydrogen (secondary N) is 1. The number of amides is 3. The van der Waals surface area contributed by atoms with Gasteiger partial charge in [-0.15, -0.1) is 0 Å². The summed E-state index contributed by atoms with van der Waals surface area (Å²) in [5.74, 6) is 0.614. The fourth-order valence-corrected chi connectivity index (χ4v) is 5.57. The summed E-state index contributed by atoms with van der Waals surface area (Å²) in [5.41, 5.74) is 2.20. The van der Waals surface area contributed by atoms with Gasteiger partial charge in [-0.1, -0.05) is 45.4 Å². The molecule has 0 atom stereocenters. The Bertz CT molecular complexity index is 821. The first kappa shape index (κ1) is 22.1. The van der Waals surface area contributed by atoms with Crippen LogP contribution in [0.2, 0.25) is 0 Å². The molecular weight excluding hydrogens is 388 g/mol. The zero-order valence-electron chi connectivity index (χ0n) is 19.6. The lowest BCUT2D eigenvalue weighted by Crippen LogP contribution is -2.53. The lowest BCUT2D eigenvalue weighted by molar-refractivity contribution is -0.134. The second kappa shape index (κ2) is 8.45. The Morgan fingerprint density at radius 1 is 1.06 bits per heavy atom. The molecular formula is C25H38N4O2. The molecule has 1 aromatic rings. The van der Waals surface area contributed by atoms with Crippen LogP contribution in [-0.4, -0.2) is 60.1 Å². The van der Waals surface area contributed by atoms with Crippen LogP contribution in [-0.2, 0) is 4.79 Å². The molecule has 6 nitrogen and oxygen atoms in total. The van der Waals surface area contributed by atoms with Crippen molar-refractivity contribution in [3.8, 4) is 0 Å². The van der Waals surface area contributed by atoms with E-state index in [1.165, 1.54) is 16.2 Å². The Morgan fingerprint density at radius 3 is 2.32 bits per heavy atom. The summed E-state index contributed by atoms with van der Waals surface area (Å²) in [6.45, 7) is 13.0. The number of hydrogen-bond acceptors (Lipinski definition) is 4. The summed E-state index contributed by atoms with van der Waals surface area (Å²) in [6.07, 6.45) is 4.70. The molecule has 0 unspecified atom stereocenters. The number of piperazine rings is 1. The van der Waals surface area contributed by atoms with Crippen LogP contribution in [0.3, 0.4) is 0 Å². The molecule has 31 heavy (non-hydrogen) atoms. The maximum Gasteiger partial charge on any atom is 0.326 e. The summed E-state index contributed by atoms with van der Waals surface area (Å²) < 4.78 is 0. The van der Waals surface area contributed by atoms with Gasteiger partial charge in [0.05, 0.1) is 6.67 Å². The SMILES string of the molecule is CCC(C)(C)C1CCC2(CC1)NC(=O)N(CN1CCN(c3ccccc3C)CC1)C2=O. The van der Waals surface area contributed by atoms with E-state index in [1.54, 1.807) is 0 Å². The second-order valence-corrected chi connectivity index (χ2v) is 10.4. The van der Waals surface area contributed by atoms with E-state index in [-0.39, 0.29) is 11.9 Å². The van der Waals surface area contributed by atoms with E-state index in [9.17, 15) is 9.59 Å². The third-order valence-corrected chi connectivity index (χ3v) is 8.27. The van der Waals surface area contributed by atoms with Crippen LogP contribution in [0.25, 0.3) is 0 Å². The first-order chi connectivity index (χ1) is 14.8. The fraction of sp³-hybridized carbons (Fsp3) is 0.680. The Kier molecular flexibility index (Phi) is 6.03. The molecule has 0 aromatic heterocycles. The van der Waals surface area contributed by atoms with Gasteiger partial charge < -0.3 is 10.2 Å². The van der Waals surface area contributed by atoms with Crippen LogP contribution >= 0.6 is 0 Å². The normalized spacial score (nSPS) is 27.8. The van der Waals surface area contributed by atoms with Crippen molar-refractivity contribution >= 4 is 17.6 Å². The van der Waals surface area contributed by atoms with Gasteiger partial charge in [0.25, 0.3) is 5.91 Å². The van der Waals surface area contributed by atoms with Crippen molar-refractivity contribution in [2.24, 2.45) is 11.3 Å². The quantitative estimate of drug-likeness (QED) is 0.724. The highest BCUT2D eigenvalue weighted by atomic mass is 16.2. The van der Waals surface area contributed by atoms with Crippen molar-refractivity contribution in [3.05, 3.63) is 29.8 Å². The number of hydrogen-bond donors (Lipinski definition) is 1. The van der Waals surface area contributed by atoms with Crippen LogP contribution in [0.5, 0.6) is 0 Å². The average molecular weight is 427 g/mol. The van der Waals surface area contributed by atoms with Gasteiger partial charge >= 0.3 is 6.03 Å². The van der Waals surface area contributed by atoms with E-state index in [1.807, 2.05) is 0 Å². The van der Waals surface area contributed by atoms with Gasteiger partial charge in [-0.2, -0.15) is 0 Å². The zero-order chi connectivity index (χ0) is 22.2. The van der Waals surface area contributed by atoms with Gasteiger partial charge in [-0.3, -0.25) is 9.69 Å². The molecule has 4 rings (SSSR count). The summed E-state index contributed by atoms with van der Waals surface area (Å²) in [6, 6.07) is 8.25. The standard InChI is InChI=1S/C25H38N4O2/c1-5-24(3,4)20-10-12-25(13-11-20)22(30)29(23(31)26-25)18-27-14-16-28(17-15-27)21-9-7-6-8-19(21)2/h6-9,20H,5,10-18H2,1-4H3,(H,26,31). The number of rotatable bonds is 5. The minimum atomic E-state index is -0.666. The number of nitrogens with zero attached hydrogens (tertiary/aromatic N) is 3. The predicted octanol–water partition coefficient (Wildman–Crippen LogP) is 3.99. The molecule has 1 spiro atoms. The molecule has 3 fully saturated rings. The van der Waals surface area contributed by atoms with Crippen molar-refractivity contribution in [1.29, 1.82) is 0 Å². The van der Waals surface area contributed by atoms with Crippen molar-refractivity contribution < 1.29 is 9.59 Å². The molecule has 1 saturated carbocycles. The lowest BCUT2D eigenvalue weighted by Gasteiger charge is -2.42. The Hall–Kier alpha value is -2.08. The number of para-hydroxylation sites is 1. The van der Waals surface area contributed by atoms with Gasteiger partial charge in [0, 0.05) is 31.9 Å². The van der Waals surface area contributed by atoms with Crippen molar-refractivity contribution in [2.75, 3.05) is 37.7 Å². The summed E-state index contributed by atoms with van der Waals surface area (Å²) >= 11 is 0. The van der Waals surface area contributed by atoms with Crippen LogP contribution in [0.1, 0.15) is 58.4 Å². The third-order valence-electron chi connectivity index (χ3n) is 8.27. The van der Waals surface area contributed by atoms with Crippen molar-refractivity contribution in [2.45, 2.75) is 65.3 Å². The van der Waals surface area contributed by atoms with Gasteiger partial charge in [0.2, 0.25) is 0 Å². The largest absolute Gasteiger partial charge is 0.369 e. The molecule has 2 saturated heterocycles. The van der Waals surface area contributed by atoms with E-state index in [4.69, 9.17) is 0 Å². The third kappa shape index (κ3) is 4.19. The first-order valence-corrected chi connectivity index (χ1v) is 11.9. The predicted molar refractivity (Wildman–Crippen MR) is 124 cm³/mol. The number of carbonyl (C=O) groups is 2. The second-order valence-electron chi connectivity index (χ2n) is 10.4. The smallest absolute Gasteiger partial charge is 0.326 e. The Morgan fingerprint density at radius 2 is 1.71 bits per heavy atom. The molecule has 2 heterocycles. The van der Waals surface area contributed by atoms with Crippen molar-refractivity contribution in [3.63, 3.8) is 0 Å². The van der Waals surface area contributed by atoms with E-state index in [2.05, 4.69) is 67.1 Å². The molecule has 1 aliphatic carbocycles. The van der Waals surface area contributed by atoms with Gasteiger partial charge in [-0.05, 0) is 55.6 Å². The van der Waals surface area contributed by atoms with Gasteiger partial charge in [0.1, 0.15) is 5.54 Å². The number of aryl methyl sites for hydroxylation is 1. The highest BCUT2D eigenvalue weighted by molar-refractivity contribution is 6.07.